The van der Waals surface area contributed by atoms with Crippen LogP contribution in [0.5, 0.6) is 0 Å². The Labute approximate surface area is 98.7 Å². The molecule has 1 aromatic carbocycles. The molecule has 0 aliphatic heterocycles. The van der Waals surface area contributed by atoms with Gasteiger partial charge in [-0.05, 0) is 19.4 Å². The molecule has 0 bridgehead atoms. The fraction of sp³-hybridized carbons (Fsp3) is 0.364. The second kappa shape index (κ2) is 5.83. The van der Waals surface area contributed by atoms with Crippen LogP contribution in [0.2, 0.25) is 0 Å². The summed E-state index contributed by atoms with van der Waals surface area (Å²) < 4.78 is 4.70. The van der Waals surface area contributed by atoms with Gasteiger partial charge in [0.05, 0.1) is 11.5 Å². The van der Waals surface area contributed by atoms with E-state index < -0.39 is 11.0 Å². The molecule has 17 heavy (non-hydrogen) atoms. The van der Waals surface area contributed by atoms with Gasteiger partial charge in [0.25, 0.3) is 5.69 Å². The zero-order valence-corrected chi connectivity index (χ0v) is 9.73. The van der Waals surface area contributed by atoms with Crippen molar-refractivity contribution in [3.8, 4) is 0 Å². The van der Waals surface area contributed by atoms with Crippen LogP contribution < -0.4 is 5.32 Å². The first-order chi connectivity index (χ1) is 8.06. The second-order valence-electron chi connectivity index (χ2n) is 3.39. The number of nitro benzene ring substituents is 1. The number of amides is 1. The summed E-state index contributed by atoms with van der Waals surface area (Å²) in [6.07, 6.45) is -0.529. The largest absolute Gasteiger partial charge is 0.450 e. The van der Waals surface area contributed by atoms with Crippen LogP contribution in [-0.4, -0.2) is 17.6 Å². The van der Waals surface area contributed by atoms with E-state index in [4.69, 9.17) is 4.74 Å². The number of carbonyl (C=O) groups is 1. The van der Waals surface area contributed by atoms with Gasteiger partial charge in [0.1, 0.15) is 0 Å². The summed E-state index contributed by atoms with van der Waals surface area (Å²) in [6.45, 7) is 3.87. The van der Waals surface area contributed by atoms with Gasteiger partial charge < -0.3 is 10.1 Å². The standard InChI is InChI=1S/C11H14N2O4/c1-3-17-11(14)12-7-9-5-4-6-10(8(9)2)13(15)16/h4-6H,3,7H2,1-2H3,(H,12,14). The van der Waals surface area contributed by atoms with Gasteiger partial charge in [0.2, 0.25) is 0 Å². The lowest BCUT2D eigenvalue weighted by molar-refractivity contribution is -0.385. The molecule has 0 spiro atoms. The van der Waals surface area contributed by atoms with Crippen LogP contribution in [-0.2, 0) is 11.3 Å². The van der Waals surface area contributed by atoms with E-state index in [2.05, 4.69) is 5.32 Å². The molecule has 92 valence electrons. The minimum Gasteiger partial charge on any atom is -0.450 e. The predicted octanol–water partition coefficient (Wildman–Crippen LogP) is 2.15. The van der Waals surface area contributed by atoms with E-state index in [-0.39, 0.29) is 12.2 Å². The van der Waals surface area contributed by atoms with Gasteiger partial charge in [-0.15, -0.1) is 0 Å². The Hall–Kier alpha value is -2.11. The smallest absolute Gasteiger partial charge is 0.407 e. The minimum absolute atomic E-state index is 0.0492. The van der Waals surface area contributed by atoms with E-state index in [9.17, 15) is 14.9 Å². The summed E-state index contributed by atoms with van der Waals surface area (Å²) in [5, 5.41) is 13.2. The first-order valence-electron chi connectivity index (χ1n) is 5.19. The Balaban J connectivity index is 2.75. The number of carbonyl (C=O) groups excluding carboxylic acids is 1. The van der Waals surface area contributed by atoms with Crippen molar-refractivity contribution < 1.29 is 14.5 Å². The van der Waals surface area contributed by atoms with E-state index in [0.29, 0.717) is 17.7 Å². The zero-order chi connectivity index (χ0) is 12.8. The number of alkyl carbamates (subject to hydrolysis) is 1. The van der Waals surface area contributed by atoms with Gasteiger partial charge in [-0.1, -0.05) is 12.1 Å². The molecule has 0 atom stereocenters. The maximum absolute atomic E-state index is 11.1. The van der Waals surface area contributed by atoms with Crippen LogP contribution >= 0.6 is 0 Å². The molecular formula is C11H14N2O4. The van der Waals surface area contributed by atoms with Crippen molar-refractivity contribution in [1.82, 2.24) is 5.32 Å². The van der Waals surface area contributed by atoms with Gasteiger partial charge >= 0.3 is 6.09 Å². The van der Waals surface area contributed by atoms with Gasteiger partial charge in [-0.3, -0.25) is 10.1 Å². The van der Waals surface area contributed by atoms with Gasteiger partial charge in [-0.2, -0.15) is 0 Å². The van der Waals surface area contributed by atoms with Crippen molar-refractivity contribution in [3.05, 3.63) is 39.4 Å². The molecule has 1 aromatic rings. The molecule has 0 heterocycles. The third-order valence-electron chi connectivity index (χ3n) is 2.31. The van der Waals surface area contributed by atoms with Crippen molar-refractivity contribution in [2.24, 2.45) is 0 Å². The lowest BCUT2D eigenvalue weighted by atomic mass is 10.1. The molecule has 0 radical (unpaired) electrons. The molecule has 6 nitrogen and oxygen atoms in total. The average molecular weight is 238 g/mol. The third-order valence-corrected chi connectivity index (χ3v) is 2.31. The number of rotatable bonds is 4. The monoisotopic (exact) mass is 238 g/mol. The van der Waals surface area contributed by atoms with Gasteiger partial charge in [0.15, 0.2) is 0 Å². The number of nitrogens with one attached hydrogen (secondary N) is 1. The van der Waals surface area contributed by atoms with E-state index >= 15 is 0 Å². The Morgan fingerprint density at radius 2 is 2.24 bits per heavy atom. The summed E-state index contributed by atoms with van der Waals surface area (Å²) in [7, 11) is 0. The van der Waals surface area contributed by atoms with Crippen molar-refractivity contribution in [2.75, 3.05) is 6.61 Å². The van der Waals surface area contributed by atoms with Crippen molar-refractivity contribution in [3.63, 3.8) is 0 Å². The number of nitrogens with zero attached hydrogens (tertiary/aromatic N) is 1. The SMILES string of the molecule is CCOC(=O)NCc1cccc([N+](=O)[O-])c1C. The zero-order valence-electron chi connectivity index (χ0n) is 9.73. The number of ether oxygens (including phenoxy) is 1. The van der Waals surface area contributed by atoms with E-state index in [0.717, 1.165) is 0 Å². The summed E-state index contributed by atoms with van der Waals surface area (Å²) >= 11 is 0. The lowest BCUT2D eigenvalue weighted by Gasteiger charge is -2.07. The number of hydrogen-bond acceptors (Lipinski definition) is 4. The van der Waals surface area contributed by atoms with Crippen molar-refractivity contribution >= 4 is 11.8 Å². The summed E-state index contributed by atoms with van der Waals surface area (Å²) in [5.74, 6) is 0. The first kappa shape index (κ1) is 13.0. The number of nitro groups is 1. The molecule has 0 saturated heterocycles. The fourth-order valence-corrected chi connectivity index (χ4v) is 1.41. The molecule has 6 heteroatoms. The molecule has 0 fully saturated rings. The molecule has 0 aliphatic carbocycles. The van der Waals surface area contributed by atoms with Crippen LogP contribution in [0.15, 0.2) is 18.2 Å². The molecule has 0 saturated carbocycles. The van der Waals surface area contributed by atoms with Gasteiger partial charge in [-0.25, -0.2) is 4.79 Å². The summed E-state index contributed by atoms with van der Waals surface area (Å²) in [5.41, 5.74) is 1.30. The highest BCUT2D eigenvalue weighted by atomic mass is 16.6. The predicted molar refractivity (Wildman–Crippen MR) is 61.7 cm³/mol. The maximum Gasteiger partial charge on any atom is 0.407 e. The van der Waals surface area contributed by atoms with E-state index in [1.807, 2.05) is 0 Å². The molecule has 1 amide bonds. The molecular weight excluding hydrogens is 224 g/mol. The Morgan fingerprint density at radius 1 is 1.53 bits per heavy atom. The van der Waals surface area contributed by atoms with Crippen LogP contribution in [0.1, 0.15) is 18.1 Å². The Kier molecular flexibility index (Phi) is 4.45. The second-order valence-corrected chi connectivity index (χ2v) is 3.39. The van der Waals surface area contributed by atoms with Crippen LogP contribution in [0, 0.1) is 17.0 Å². The third kappa shape index (κ3) is 3.44. The maximum atomic E-state index is 11.1. The molecule has 0 aliphatic rings. The average Bonchev–Trinajstić information content (AvgIpc) is 2.27. The quantitative estimate of drug-likeness (QED) is 0.643. The number of hydrogen-bond donors (Lipinski definition) is 1. The molecule has 0 aromatic heterocycles. The Bertz CT molecular complexity index is 431. The molecule has 1 rings (SSSR count). The first-order valence-corrected chi connectivity index (χ1v) is 5.19. The fourth-order valence-electron chi connectivity index (χ4n) is 1.41. The normalized spacial score (nSPS) is 9.76. The van der Waals surface area contributed by atoms with E-state index in [1.165, 1.54) is 6.07 Å². The van der Waals surface area contributed by atoms with Crippen LogP contribution in [0.3, 0.4) is 0 Å². The highest BCUT2D eigenvalue weighted by Gasteiger charge is 2.13. The van der Waals surface area contributed by atoms with E-state index in [1.54, 1.807) is 26.0 Å². The summed E-state index contributed by atoms with van der Waals surface area (Å²) in [6, 6.07) is 4.76. The van der Waals surface area contributed by atoms with Crippen LogP contribution in [0.25, 0.3) is 0 Å². The van der Waals surface area contributed by atoms with Gasteiger partial charge in [0, 0.05) is 18.2 Å². The minimum atomic E-state index is -0.529. The molecule has 0 unspecified atom stereocenters. The lowest BCUT2D eigenvalue weighted by Crippen LogP contribution is -2.24. The van der Waals surface area contributed by atoms with Crippen LogP contribution in [0.4, 0.5) is 10.5 Å². The van der Waals surface area contributed by atoms with Crippen molar-refractivity contribution in [1.29, 1.82) is 0 Å². The summed E-state index contributed by atoms with van der Waals surface area (Å²) in [4.78, 5) is 21.3. The molecule has 1 N–H and O–H groups in total. The highest BCUT2D eigenvalue weighted by Crippen LogP contribution is 2.20. The topological polar surface area (TPSA) is 81.5 Å². The number of benzene rings is 1. The van der Waals surface area contributed by atoms with Crippen molar-refractivity contribution in [2.45, 2.75) is 20.4 Å². The Morgan fingerprint density at radius 3 is 2.82 bits per heavy atom. The highest BCUT2D eigenvalue weighted by molar-refractivity contribution is 5.67.